The summed E-state index contributed by atoms with van der Waals surface area (Å²) in [5.41, 5.74) is 2.71. The molecule has 2 aromatic carbocycles. The van der Waals surface area contributed by atoms with Gasteiger partial charge in [-0.25, -0.2) is 4.79 Å². The van der Waals surface area contributed by atoms with Crippen LogP contribution in [0.3, 0.4) is 0 Å². The number of benzene rings is 2. The van der Waals surface area contributed by atoms with Crippen LogP contribution >= 0.6 is 23.2 Å². The number of aryl methyl sites for hydroxylation is 1. The van der Waals surface area contributed by atoms with Crippen molar-refractivity contribution in [1.82, 2.24) is 9.55 Å². The SMILES string of the molecule is C[C@@H](O)CCc1nc(=O)n(-c2ccccc2Cl)c2cc(C3CC3)c(Cl)cc12. The molecule has 1 fully saturated rings. The highest BCUT2D eigenvalue weighted by atomic mass is 35.5. The van der Waals surface area contributed by atoms with Crippen LogP contribution in [0.5, 0.6) is 0 Å². The minimum atomic E-state index is -0.464. The van der Waals surface area contributed by atoms with Crippen LogP contribution in [0.15, 0.2) is 41.2 Å². The smallest absolute Gasteiger partial charge is 0.352 e. The second-order valence-corrected chi connectivity index (χ2v) is 8.00. The summed E-state index contributed by atoms with van der Waals surface area (Å²) in [5, 5.41) is 11.7. The number of aliphatic hydroxyl groups is 1. The zero-order valence-corrected chi connectivity index (χ0v) is 16.5. The van der Waals surface area contributed by atoms with E-state index in [4.69, 9.17) is 23.2 Å². The minimum absolute atomic E-state index is 0.375. The highest BCUT2D eigenvalue weighted by Gasteiger charge is 2.27. The minimum Gasteiger partial charge on any atom is -0.393 e. The van der Waals surface area contributed by atoms with Crippen LogP contribution in [-0.2, 0) is 6.42 Å². The Morgan fingerprint density at radius 2 is 1.96 bits per heavy atom. The average molecular weight is 403 g/mol. The summed E-state index contributed by atoms with van der Waals surface area (Å²) < 4.78 is 1.56. The van der Waals surface area contributed by atoms with Crippen LogP contribution < -0.4 is 5.69 Å². The maximum Gasteiger partial charge on any atom is 0.352 e. The molecule has 4 rings (SSSR count). The quantitative estimate of drug-likeness (QED) is 0.661. The number of para-hydroxylation sites is 1. The first-order valence-electron chi connectivity index (χ1n) is 9.13. The predicted molar refractivity (Wildman–Crippen MR) is 109 cm³/mol. The van der Waals surface area contributed by atoms with Crippen molar-refractivity contribution < 1.29 is 5.11 Å². The third-order valence-electron chi connectivity index (χ3n) is 5.00. The highest BCUT2D eigenvalue weighted by Crippen LogP contribution is 2.44. The molecule has 27 heavy (non-hydrogen) atoms. The van der Waals surface area contributed by atoms with Gasteiger partial charge in [0, 0.05) is 10.4 Å². The van der Waals surface area contributed by atoms with Crippen molar-refractivity contribution >= 4 is 34.1 Å². The van der Waals surface area contributed by atoms with E-state index < -0.39 is 6.10 Å². The lowest BCUT2D eigenvalue weighted by molar-refractivity contribution is 0.184. The number of fused-ring (bicyclic) bond motifs is 1. The number of halogens is 2. The lowest BCUT2D eigenvalue weighted by Crippen LogP contribution is -2.24. The molecule has 140 valence electrons. The van der Waals surface area contributed by atoms with Crippen molar-refractivity contribution in [2.24, 2.45) is 0 Å². The van der Waals surface area contributed by atoms with E-state index in [2.05, 4.69) is 4.98 Å². The van der Waals surface area contributed by atoms with E-state index in [1.165, 1.54) is 0 Å². The van der Waals surface area contributed by atoms with Crippen molar-refractivity contribution in [2.75, 3.05) is 0 Å². The summed E-state index contributed by atoms with van der Waals surface area (Å²) in [4.78, 5) is 17.2. The third-order valence-corrected chi connectivity index (χ3v) is 5.65. The Labute approximate surface area is 167 Å². The van der Waals surface area contributed by atoms with Gasteiger partial charge in [-0.1, -0.05) is 35.3 Å². The van der Waals surface area contributed by atoms with Crippen molar-refractivity contribution in [1.29, 1.82) is 0 Å². The Morgan fingerprint density at radius 3 is 2.63 bits per heavy atom. The van der Waals surface area contributed by atoms with Gasteiger partial charge in [0.05, 0.1) is 28.0 Å². The van der Waals surface area contributed by atoms with E-state index in [0.717, 1.165) is 29.3 Å². The van der Waals surface area contributed by atoms with E-state index in [0.29, 0.717) is 40.2 Å². The molecule has 0 aliphatic heterocycles. The largest absolute Gasteiger partial charge is 0.393 e. The van der Waals surface area contributed by atoms with Crippen LogP contribution in [0.4, 0.5) is 0 Å². The van der Waals surface area contributed by atoms with Crippen LogP contribution in [0.25, 0.3) is 16.6 Å². The Morgan fingerprint density at radius 1 is 1.22 bits per heavy atom. The van der Waals surface area contributed by atoms with E-state index in [1.54, 1.807) is 17.6 Å². The summed E-state index contributed by atoms with van der Waals surface area (Å²) >= 11 is 12.9. The van der Waals surface area contributed by atoms with Gasteiger partial charge < -0.3 is 5.11 Å². The molecule has 6 heteroatoms. The molecule has 1 heterocycles. The molecule has 1 N–H and O–H groups in total. The zero-order valence-electron chi connectivity index (χ0n) is 15.0. The van der Waals surface area contributed by atoms with Gasteiger partial charge in [0.25, 0.3) is 0 Å². The maximum absolute atomic E-state index is 12.9. The average Bonchev–Trinajstić information content (AvgIpc) is 3.45. The van der Waals surface area contributed by atoms with Crippen LogP contribution in [-0.4, -0.2) is 20.8 Å². The zero-order chi connectivity index (χ0) is 19.1. The number of hydrogen-bond donors (Lipinski definition) is 1. The Hall–Kier alpha value is -1.88. The fraction of sp³-hybridized carbons (Fsp3) is 0.333. The van der Waals surface area contributed by atoms with Gasteiger partial charge in [-0.05, 0) is 68.4 Å². The molecule has 1 saturated carbocycles. The second kappa shape index (κ2) is 7.27. The van der Waals surface area contributed by atoms with E-state index in [1.807, 2.05) is 30.3 Å². The van der Waals surface area contributed by atoms with Crippen LogP contribution in [0.2, 0.25) is 10.0 Å². The summed E-state index contributed by atoms with van der Waals surface area (Å²) in [5.74, 6) is 0.450. The first-order chi connectivity index (χ1) is 13.0. The van der Waals surface area contributed by atoms with Gasteiger partial charge in [0.15, 0.2) is 0 Å². The molecular weight excluding hydrogens is 383 g/mol. The van der Waals surface area contributed by atoms with Gasteiger partial charge in [-0.3, -0.25) is 4.57 Å². The van der Waals surface area contributed by atoms with E-state index in [-0.39, 0.29) is 5.69 Å². The molecule has 1 atom stereocenters. The van der Waals surface area contributed by atoms with Gasteiger partial charge >= 0.3 is 5.69 Å². The van der Waals surface area contributed by atoms with Gasteiger partial charge in [-0.2, -0.15) is 4.98 Å². The van der Waals surface area contributed by atoms with E-state index >= 15 is 0 Å². The van der Waals surface area contributed by atoms with Crippen molar-refractivity contribution in [3.8, 4) is 5.69 Å². The molecule has 1 aliphatic rings. The molecule has 1 aromatic heterocycles. The monoisotopic (exact) mass is 402 g/mol. The number of rotatable bonds is 5. The Balaban J connectivity index is 2.01. The van der Waals surface area contributed by atoms with Crippen LogP contribution in [0, 0.1) is 0 Å². The molecule has 0 radical (unpaired) electrons. The van der Waals surface area contributed by atoms with Gasteiger partial charge in [-0.15, -0.1) is 0 Å². The number of aromatic nitrogens is 2. The molecule has 0 saturated heterocycles. The summed E-state index contributed by atoms with van der Waals surface area (Å²) in [6.45, 7) is 1.73. The molecule has 0 amide bonds. The maximum atomic E-state index is 12.9. The molecule has 1 aliphatic carbocycles. The molecule has 4 nitrogen and oxygen atoms in total. The second-order valence-electron chi connectivity index (χ2n) is 7.18. The predicted octanol–water partition coefficient (Wildman–Crippen LogP) is 4.88. The summed E-state index contributed by atoms with van der Waals surface area (Å²) in [6.07, 6.45) is 2.79. The standard InChI is InChI=1S/C21H20Cl2N2O2/c1-12(26)6-9-18-15-10-17(23)14(13-7-8-13)11-20(15)25(21(27)24-18)19-5-3-2-4-16(19)22/h2-5,10-13,26H,6-9H2,1H3/t12-/m1/s1. The first-order valence-corrected chi connectivity index (χ1v) is 9.89. The number of nitrogens with zero attached hydrogens (tertiary/aromatic N) is 2. The van der Waals surface area contributed by atoms with Crippen molar-refractivity contribution in [2.45, 2.75) is 44.6 Å². The highest BCUT2D eigenvalue weighted by molar-refractivity contribution is 6.33. The van der Waals surface area contributed by atoms with Crippen molar-refractivity contribution in [3.63, 3.8) is 0 Å². The van der Waals surface area contributed by atoms with E-state index in [9.17, 15) is 9.90 Å². The number of hydrogen-bond acceptors (Lipinski definition) is 3. The first kappa shape index (κ1) is 18.5. The Bertz CT molecular complexity index is 1070. The van der Waals surface area contributed by atoms with Crippen LogP contribution in [0.1, 0.15) is 43.4 Å². The molecule has 3 aromatic rings. The molecular formula is C21H20Cl2N2O2. The summed E-state index contributed by atoms with van der Waals surface area (Å²) in [6, 6.07) is 11.2. The Kier molecular flexibility index (Phi) is 4.97. The van der Waals surface area contributed by atoms with Gasteiger partial charge in [0.2, 0.25) is 0 Å². The fourth-order valence-corrected chi connectivity index (χ4v) is 3.97. The van der Waals surface area contributed by atoms with Crippen molar-refractivity contribution in [3.05, 3.63) is 68.2 Å². The lowest BCUT2D eigenvalue weighted by Gasteiger charge is -2.16. The lowest BCUT2D eigenvalue weighted by atomic mass is 10.0. The van der Waals surface area contributed by atoms with Gasteiger partial charge in [0.1, 0.15) is 0 Å². The molecule has 0 unspecified atom stereocenters. The fourth-order valence-electron chi connectivity index (χ4n) is 3.43. The molecule has 0 spiro atoms. The normalized spacial score (nSPS) is 15.3. The molecule has 0 bridgehead atoms. The topological polar surface area (TPSA) is 55.1 Å². The third kappa shape index (κ3) is 3.62. The summed E-state index contributed by atoms with van der Waals surface area (Å²) in [7, 11) is 0. The number of aliphatic hydroxyl groups excluding tert-OH is 1.